The highest BCUT2D eigenvalue weighted by Crippen LogP contribution is 2.05. The van der Waals surface area contributed by atoms with Crippen LogP contribution in [0.1, 0.15) is 22.7 Å². The molecule has 20 heavy (non-hydrogen) atoms. The highest BCUT2D eigenvalue weighted by Gasteiger charge is 2.13. The maximum atomic E-state index is 12.1. The van der Waals surface area contributed by atoms with Gasteiger partial charge in [0.15, 0.2) is 0 Å². The number of carbonyl (C=O) groups excluding carboxylic acids is 1. The Morgan fingerprint density at radius 3 is 2.90 bits per heavy atom. The number of imidazole rings is 1. The molecular weight excluding hydrogens is 254 g/mol. The van der Waals surface area contributed by atoms with E-state index in [9.17, 15) is 4.79 Å². The molecule has 0 saturated carbocycles. The molecule has 0 bridgehead atoms. The van der Waals surface area contributed by atoms with Crippen molar-refractivity contribution < 1.29 is 4.79 Å². The monoisotopic (exact) mass is 273 g/mol. The van der Waals surface area contributed by atoms with Crippen molar-refractivity contribution in [3.63, 3.8) is 0 Å². The van der Waals surface area contributed by atoms with Crippen LogP contribution in [0.15, 0.2) is 30.6 Å². The van der Waals surface area contributed by atoms with Gasteiger partial charge in [0.2, 0.25) is 0 Å². The molecule has 0 aliphatic carbocycles. The van der Waals surface area contributed by atoms with E-state index in [0.717, 1.165) is 18.7 Å². The smallest absolute Gasteiger partial charge is 0.272 e. The van der Waals surface area contributed by atoms with E-state index in [2.05, 4.69) is 9.97 Å². The van der Waals surface area contributed by atoms with Gasteiger partial charge in [-0.1, -0.05) is 6.07 Å². The summed E-state index contributed by atoms with van der Waals surface area (Å²) in [7, 11) is 3.74. The summed E-state index contributed by atoms with van der Waals surface area (Å²) in [6.45, 7) is 0.655. The summed E-state index contributed by atoms with van der Waals surface area (Å²) in [5, 5.41) is 0. The summed E-state index contributed by atoms with van der Waals surface area (Å²) < 4.78 is 1.99. The lowest BCUT2D eigenvalue weighted by Crippen LogP contribution is -2.29. The van der Waals surface area contributed by atoms with Crippen molar-refractivity contribution in [1.82, 2.24) is 19.4 Å². The number of hydrogen-bond donors (Lipinski definition) is 1. The number of nitrogens with two attached hydrogens (primary N) is 1. The third-order valence-corrected chi connectivity index (χ3v) is 3.15. The first-order valence-corrected chi connectivity index (χ1v) is 6.52. The Bertz CT molecular complexity index is 593. The van der Waals surface area contributed by atoms with Crippen molar-refractivity contribution in [3.05, 3.63) is 42.1 Å². The summed E-state index contributed by atoms with van der Waals surface area (Å²) in [5.74, 6) is 1.27. The molecule has 2 heterocycles. The number of aromatic nitrogens is 3. The number of nitrogens with zero attached hydrogens (tertiary/aromatic N) is 4. The Morgan fingerprint density at radius 1 is 1.45 bits per heavy atom. The fourth-order valence-electron chi connectivity index (χ4n) is 1.98. The van der Waals surface area contributed by atoms with Crippen LogP contribution in [-0.2, 0) is 13.5 Å². The standard InChI is InChI=1S/C14H19N5O/c1-18-10-8-16-13(18)7-4-9-19(2)14(20)11-5-3-6-12(15)17-11/h3,5-6,8,10H,4,7,9H2,1-2H3,(H2,15,17). The van der Waals surface area contributed by atoms with Crippen LogP contribution in [0.2, 0.25) is 0 Å². The van der Waals surface area contributed by atoms with E-state index in [1.807, 2.05) is 17.8 Å². The fraction of sp³-hybridized carbons (Fsp3) is 0.357. The molecule has 2 aromatic rings. The maximum absolute atomic E-state index is 12.1. The minimum Gasteiger partial charge on any atom is -0.384 e. The second-order valence-corrected chi connectivity index (χ2v) is 4.73. The van der Waals surface area contributed by atoms with Crippen molar-refractivity contribution in [3.8, 4) is 0 Å². The van der Waals surface area contributed by atoms with Crippen molar-refractivity contribution in [2.45, 2.75) is 12.8 Å². The van der Waals surface area contributed by atoms with Gasteiger partial charge in [0.25, 0.3) is 5.91 Å². The van der Waals surface area contributed by atoms with Crippen molar-refractivity contribution >= 4 is 11.7 Å². The Kier molecular flexibility index (Phi) is 4.34. The molecule has 0 unspecified atom stereocenters. The molecule has 0 aliphatic rings. The third-order valence-electron chi connectivity index (χ3n) is 3.15. The van der Waals surface area contributed by atoms with E-state index in [1.54, 1.807) is 36.3 Å². The number of pyridine rings is 1. The second-order valence-electron chi connectivity index (χ2n) is 4.73. The molecule has 0 fully saturated rings. The first-order chi connectivity index (χ1) is 9.58. The van der Waals surface area contributed by atoms with Gasteiger partial charge >= 0.3 is 0 Å². The lowest BCUT2D eigenvalue weighted by Gasteiger charge is -2.16. The predicted octanol–water partition coefficient (Wildman–Crippen LogP) is 1.10. The minimum absolute atomic E-state index is 0.114. The first kappa shape index (κ1) is 14.0. The topological polar surface area (TPSA) is 77.0 Å². The number of aryl methyl sites for hydroxylation is 2. The van der Waals surface area contributed by atoms with Crippen LogP contribution >= 0.6 is 0 Å². The summed E-state index contributed by atoms with van der Waals surface area (Å²) in [5.41, 5.74) is 5.96. The lowest BCUT2D eigenvalue weighted by molar-refractivity contribution is 0.0787. The third kappa shape index (κ3) is 3.34. The van der Waals surface area contributed by atoms with Gasteiger partial charge in [-0.2, -0.15) is 0 Å². The van der Waals surface area contributed by atoms with Crippen LogP contribution in [0.3, 0.4) is 0 Å². The molecular formula is C14H19N5O. The Morgan fingerprint density at radius 2 is 2.25 bits per heavy atom. The van der Waals surface area contributed by atoms with Gasteiger partial charge in [0, 0.05) is 39.5 Å². The van der Waals surface area contributed by atoms with Gasteiger partial charge in [0.1, 0.15) is 17.3 Å². The molecule has 0 atom stereocenters. The number of rotatable bonds is 5. The molecule has 0 saturated heterocycles. The minimum atomic E-state index is -0.114. The van der Waals surface area contributed by atoms with Gasteiger partial charge in [-0.25, -0.2) is 9.97 Å². The van der Waals surface area contributed by atoms with E-state index in [0.29, 0.717) is 18.1 Å². The van der Waals surface area contributed by atoms with Crippen LogP contribution < -0.4 is 5.73 Å². The summed E-state index contributed by atoms with van der Waals surface area (Å²) in [4.78, 5) is 22.1. The first-order valence-electron chi connectivity index (χ1n) is 6.52. The molecule has 2 N–H and O–H groups in total. The van der Waals surface area contributed by atoms with Crippen molar-refractivity contribution in [2.75, 3.05) is 19.3 Å². The highest BCUT2D eigenvalue weighted by molar-refractivity contribution is 5.92. The van der Waals surface area contributed by atoms with Crippen LogP contribution in [-0.4, -0.2) is 38.9 Å². The van der Waals surface area contributed by atoms with Gasteiger partial charge in [-0.3, -0.25) is 4.79 Å². The van der Waals surface area contributed by atoms with E-state index in [4.69, 9.17) is 5.73 Å². The van der Waals surface area contributed by atoms with Crippen molar-refractivity contribution in [1.29, 1.82) is 0 Å². The predicted molar refractivity (Wildman–Crippen MR) is 77.1 cm³/mol. The van der Waals surface area contributed by atoms with E-state index < -0.39 is 0 Å². The molecule has 0 aromatic carbocycles. The zero-order chi connectivity index (χ0) is 14.5. The van der Waals surface area contributed by atoms with Gasteiger partial charge in [0.05, 0.1) is 0 Å². The molecule has 2 aromatic heterocycles. The lowest BCUT2D eigenvalue weighted by atomic mass is 10.2. The number of amides is 1. The molecule has 6 heteroatoms. The average molecular weight is 273 g/mol. The summed E-state index contributed by atoms with van der Waals surface area (Å²) in [6, 6.07) is 5.07. The normalized spacial score (nSPS) is 10.5. The average Bonchev–Trinajstić information content (AvgIpc) is 2.83. The van der Waals surface area contributed by atoms with Gasteiger partial charge in [-0.05, 0) is 18.6 Å². The quantitative estimate of drug-likeness (QED) is 0.885. The Balaban J connectivity index is 1.87. The molecule has 2 rings (SSSR count). The molecule has 1 amide bonds. The molecule has 0 radical (unpaired) electrons. The van der Waals surface area contributed by atoms with E-state index in [1.165, 1.54) is 0 Å². The van der Waals surface area contributed by atoms with E-state index in [-0.39, 0.29) is 5.91 Å². The maximum Gasteiger partial charge on any atom is 0.272 e. The number of nitrogen functional groups attached to an aromatic ring is 1. The fourth-order valence-corrected chi connectivity index (χ4v) is 1.98. The largest absolute Gasteiger partial charge is 0.384 e. The zero-order valence-corrected chi connectivity index (χ0v) is 11.8. The Labute approximate surface area is 118 Å². The SMILES string of the molecule is CN(CCCc1nccn1C)C(=O)c1cccc(N)n1. The van der Waals surface area contributed by atoms with Crippen LogP contribution in [0, 0.1) is 0 Å². The highest BCUT2D eigenvalue weighted by atomic mass is 16.2. The van der Waals surface area contributed by atoms with Crippen LogP contribution in [0.5, 0.6) is 0 Å². The summed E-state index contributed by atoms with van der Waals surface area (Å²) >= 11 is 0. The molecule has 106 valence electrons. The van der Waals surface area contributed by atoms with Gasteiger partial charge in [-0.15, -0.1) is 0 Å². The van der Waals surface area contributed by atoms with Crippen LogP contribution in [0.25, 0.3) is 0 Å². The molecule has 6 nitrogen and oxygen atoms in total. The molecule has 0 aliphatic heterocycles. The zero-order valence-electron chi connectivity index (χ0n) is 11.8. The second kappa shape index (κ2) is 6.18. The van der Waals surface area contributed by atoms with Crippen molar-refractivity contribution in [2.24, 2.45) is 7.05 Å². The number of carbonyl (C=O) groups is 1. The molecule has 0 spiro atoms. The van der Waals surface area contributed by atoms with E-state index >= 15 is 0 Å². The van der Waals surface area contributed by atoms with Crippen LogP contribution in [0.4, 0.5) is 5.82 Å². The Hall–Kier alpha value is -2.37. The summed E-state index contributed by atoms with van der Waals surface area (Å²) in [6.07, 6.45) is 5.39. The number of hydrogen-bond acceptors (Lipinski definition) is 4. The van der Waals surface area contributed by atoms with Gasteiger partial charge < -0.3 is 15.2 Å². The number of anilines is 1.